The van der Waals surface area contributed by atoms with Crippen LogP contribution < -0.4 is 10.0 Å². The van der Waals surface area contributed by atoms with Crippen LogP contribution in [0.25, 0.3) is 33.1 Å². The first-order valence-electron chi connectivity index (χ1n) is 13.6. The zero-order valence-corrected chi connectivity index (χ0v) is 26.5. The van der Waals surface area contributed by atoms with E-state index in [0.29, 0.717) is 12.1 Å². The maximum absolute atomic E-state index is 16.2. The van der Waals surface area contributed by atoms with Gasteiger partial charge >= 0.3 is 0 Å². The van der Waals surface area contributed by atoms with E-state index in [0.717, 1.165) is 28.9 Å². The van der Waals surface area contributed by atoms with Gasteiger partial charge in [-0.1, -0.05) is 31.8 Å². The molecule has 0 radical (unpaired) electrons. The summed E-state index contributed by atoms with van der Waals surface area (Å²) in [4.78, 5) is 16.4. The van der Waals surface area contributed by atoms with Gasteiger partial charge < -0.3 is 14.6 Å². The van der Waals surface area contributed by atoms with Gasteiger partial charge in [0.15, 0.2) is 17.3 Å². The molecule has 5 rings (SSSR count). The van der Waals surface area contributed by atoms with Crippen molar-refractivity contribution in [3.05, 3.63) is 71.9 Å². The predicted octanol–water partition coefficient (Wildman–Crippen LogP) is 5.48. The van der Waals surface area contributed by atoms with Gasteiger partial charge in [-0.15, -0.1) is 0 Å². The van der Waals surface area contributed by atoms with E-state index in [1.165, 1.54) is 31.6 Å². The number of sulfonamides is 1. The van der Waals surface area contributed by atoms with Gasteiger partial charge in [0.2, 0.25) is 0 Å². The Labute approximate surface area is 252 Å². The molecule has 2 N–H and O–H groups in total. The molecular weight excluding hydrogens is 614 g/mol. The highest BCUT2D eigenvalue weighted by atomic mass is 32.2. The molecule has 232 valence electrons. The molecule has 2 aromatic heterocycles. The topological polar surface area (TPSA) is 120 Å². The molecule has 10 nitrogen and oxygen atoms in total. The van der Waals surface area contributed by atoms with Crippen molar-refractivity contribution in [2.24, 2.45) is 7.05 Å². The van der Waals surface area contributed by atoms with Crippen LogP contribution in [0.5, 0.6) is 0 Å². The summed E-state index contributed by atoms with van der Waals surface area (Å²) in [6, 6.07) is 9.54. The molecule has 0 saturated carbocycles. The number of nitrogens with one attached hydrogen (secondary N) is 2. The lowest BCUT2D eigenvalue weighted by Gasteiger charge is -2.16. The van der Waals surface area contributed by atoms with Crippen molar-refractivity contribution in [1.29, 1.82) is 0 Å². The van der Waals surface area contributed by atoms with Crippen molar-refractivity contribution in [1.82, 2.24) is 24.6 Å². The third kappa shape index (κ3) is 5.81. The molecule has 0 aliphatic carbocycles. The summed E-state index contributed by atoms with van der Waals surface area (Å²) in [5.74, 6) is -4.10. The van der Waals surface area contributed by atoms with Crippen molar-refractivity contribution in [2.75, 3.05) is 18.4 Å². The second kappa shape index (κ2) is 11.7. The lowest BCUT2D eigenvalue weighted by atomic mass is 10.0. The predicted molar refractivity (Wildman–Crippen MR) is 164 cm³/mol. The van der Waals surface area contributed by atoms with E-state index in [9.17, 15) is 13.2 Å². The number of benzene rings is 3. The lowest BCUT2D eigenvalue weighted by Crippen LogP contribution is -2.22. The molecule has 3 aromatic carbocycles. The van der Waals surface area contributed by atoms with Crippen LogP contribution in [0.1, 0.15) is 10.5 Å². The van der Waals surface area contributed by atoms with Crippen LogP contribution in [-0.2, 0) is 28.5 Å². The normalized spacial score (nSPS) is 12.3. The number of ether oxygens (including phenoxy) is 1. The summed E-state index contributed by atoms with van der Waals surface area (Å²) in [6.45, 7) is 6.69. The Bertz CT molecular complexity index is 2020. The number of nitrogens with zero attached hydrogens (tertiary/aromatic N) is 4. The van der Waals surface area contributed by atoms with E-state index in [1.807, 2.05) is 0 Å². The van der Waals surface area contributed by atoms with Gasteiger partial charge in [0.05, 0.1) is 23.1 Å². The number of aromatic nitrogens is 4. The van der Waals surface area contributed by atoms with Gasteiger partial charge in [-0.2, -0.15) is 5.10 Å². The Balaban J connectivity index is 1.58. The zero-order valence-electron chi connectivity index (χ0n) is 24.7. The van der Waals surface area contributed by atoms with Crippen LogP contribution >= 0.6 is 0 Å². The Morgan fingerprint density at radius 2 is 1.80 bits per heavy atom. The number of anilines is 1. The number of imidazole rings is 1. The number of carbonyl (C=O) groups excluding carboxylic acids is 1. The third-order valence-electron chi connectivity index (χ3n) is 7.11. The van der Waals surface area contributed by atoms with Crippen LogP contribution in [0.15, 0.2) is 53.7 Å². The summed E-state index contributed by atoms with van der Waals surface area (Å²) >= 11 is 0. The highest BCUT2D eigenvalue weighted by Crippen LogP contribution is 2.37. The smallest absolute Gasteiger partial charge is 0.272 e. The number of hydrogen-bond donors (Lipinski definition) is 2. The van der Waals surface area contributed by atoms with Crippen LogP contribution in [0.3, 0.4) is 0 Å². The van der Waals surface area contributed by atoms with Crippen LogP contribution in [0.4, 0.5) is 18.9 Å². The molecule has 2 heterocycles. The standard InChI is InChI=1S/C29H31F3N6O4SSi/c1-33-29(39)26-18-10-9-17(24(31)28(18)38(35-26)16-42-13-14-44(3,4)5)23-19(30)11-12-20(25(23)32)36-43(40,41)22-8-6-7-21-27(22)34-15-37(21)2/h6-12,15,36H,13-14,16H2,1-5H3,(H,33,39). The number of aryl methyl sites for hydroxylation is 1. The fourth-order valence-corrected chi connectivity index (χ4v) is 6.74. The molecule has 0 atom stereocenters. The number of amides is 1. The van der Waals surface area contributed by atoms with E-state index in [-0.39, 0.29) is 33.7 Å². The number of para-hydroxylation sites is 1. The largest absolute Gasteiger partial charge is 0.360 e. The van der Waals surface area contributed by atoms with E-state index in [2.05, 4.69) is 39.8 Å². The van der Waals surface area contributed by atoms with E-state index >= 15 is 13.2 Å². The first-order valence-corrected chi connectivity index (χ1v) is 18.8. The number of rotatable bonds is 10. The first-order chi connectivity index (χ1) is 20.7. The van der Waals surface area contributed by atoms with Crippen molar-refractivity contribution in [3.8, 4) is 11.1 Å². The fourth-order valence-electron chi connectivity index (χ4n) is 4.76. The van der Waals surface area contributed by atoms with E-state index < -0.39 is 58.3 Å². The molecule has 0 fully saturated rings. The van der Waals surface area contributed by atoms with Crippen molar-refractivity contribution in [2.45, 2.75) is 37.3 Å². The molecule has 0 aliphatic rings. The summed E-state index contributed by atoms with van der Waals surface area (Å²) in [5, 5.41) is 6.79. The third-order valence-corrected chi connectivity index (χ3v) is 10.2. The molecule has 0 aliphatic heterocycles. The molecular formula is C29H31F3N6O4SSi. The summed E-state index contributed by atoms with van der Waals surface area (Å²) in [5.41, 5.74) is -1.48. The van der Waals surface area contributed by atoms with E-state index in [4.69, 9.17) is 4.74 Å². The summed E-state index contributed by atoms with van der Waals surface area (Å²) in [6.07, 6.45) is 1.44. The second-order valence-corrected chi connectivity index (χ2v) is 18.7. The Hall–Kier alpha value is -4.21. The maximum Gasteiger partial charge on any atom is 0.272 e. The lowest BCUT2D eigenvalue weighted by molar-refractivity contribution is 0.0802. The van der Waals surface area contributed by atoms with Gasteiger partial charge in [-0.25, -0.2) is 31.3 Å². The van der Waals surface area contributed by atoms with Gasteiger partial charge in [0, 0.05) is 39.7 Å². The second-order valence-electron chi connectivity index (χ2n) is 11.5. The highest BCUT2D eigenvalue weighted by Gasteiger charge is 2.27. The maximum atomic E-state index is 16.2. The van der Waals surface area contributed by atoms with Crippen molar-refractivity contribution in [3.63, 3.8) is 0 Å². The number of carbonyl (C=O) groups is 1. The van der Waals surface area contributed by atoms with Crippen molar-refractivity contribution < 1.29 is 31.1 Å². The molecule has 1 amide bonds. The number of hydrogen-bond acceptors (Lipinski definition) is 6. The molecule has 44 heavy (non-hydrogen) atoms. The van der Waals surface area contributed by atoms with Gasteiger partial charge in [-0.05, 0) is 36.4 Å². The van der Waals surface area contributed by atoms with Gasteiger partial charge in [0.1, 0.15) is 28.5 Å². The van der Waals surface area contributed by atoms with Crippen molar-refractivity contribution >= 4 is 51.6 Å². The first kappa shape index (κ1) is 31.2. The zero-order chi connectivity index (χ0) is 32.0. The number of fused-ring (bicyclic) bond motifs is 2. The molecule has 0 unspecified atom stereocenters. The minimum absolute atomic E-state index is 0.0899. The number of halogens is 3. The summed E-state index contributed by atoms with van der Waals surface area (Å²) in [7, 11) is -2.74. The van der Waals surface area contributed by atoms with Crippen LogP contribution in [0, 0.1) is 17.5 Å². The quantitative estimate of drug-likeness (QED) is 0.154. The van der Waals surface area contributed by atoms with Crippen LogP contribution in [0.2, 0.25) is 25.7 Å². The molecule has 5 aromatic rings. The molecule has 15 heteroatoms. The average molecular weight is 645 g/mol. The fraction of sp³-hybridized carbons (Fsp3) is 0.276. The van der Waals surface area contributed by atoms with Gasteiger partial charge in [-0.3, -0.25) is 9.52 Å². The van der Waals surface area contributed by atoms with Gasteiger partial charge in [0.25, 0.3) is 15.9 Å². The van der Waals surface area contributed by atoms with E-state index in [1.54, 1.807) is 17.7 Å². The van der Waals surface area contributed by atoms with Crippen LogP contribution in [-0.4, -0.2) is 55.4 Å². The Morgan fingerprint density at radius 1 is 1.05 bits per heavy atom. The Morgan fingerprint density at radius 3 is 2.50 bits per heavy atom. The molecule has 0 saturated heterocycles. The minimum Gasteiger partial charge on any atom is -0.360 e. The molecule has 0 spiro atoms. The molecule has 0 bridgehead atoms. The highest BCUT2D eigenvalue weighted by molar-refractivity contribution is 7.93. The Kier molecular flexibility index (Phi) is 8.30. The summed E-state index contributed by atoms with van der Waals surface area (Å²) < 4.78 is 84.7. The minimum atomic E-state index is -4.40. The SMILES string of the molecule is CNC(=O)c1nn(COCC[Si](C)(C)C)c2c(F)c(-c3c(F)ccc(NS(=O)(=O)c4cccc5c4ncn5C)c3F)ccc12. The monoisotopic (exact) mass is 644 g/mol. The average Bonchev–Trinajstić information content (AvgIpc) is 3.53.